The minimum absolute atomic E-state index is 0.342. The van der Waals surface area contributed by atoms with Crippen molar-refractivity contribution in [2.24, 2.45) is 0 Å². The van der Waals surface area contributed by atoms with Crippen LogP contribution in [0.1, 0.15) is 33.3 Å². The number of thiazole rings is 1. The summed E-state index contributed by atoms with van der Waals surface area (Å²) in [4.78, 5) is 5.63. The molecule has 0 spiro atoms. The topological polar surface area (TPSA) is 31.4 Å². The summed E-state index contributed by atoms with van der Waals surface area (Å²) in [7, 11) is -0.406. The minimum Gasteiger partial charge on any atom is -0.398 e. The van der Waals surface area contributed by atoms with Gasteiger partial charge in [0.1, 0.15) is 0 Å². The summed E-state index contributed by atoms with van der Waals surface area (Å²) in [5.74, 6) is 0. The Morgan fingerprint density at radius 2 is 1.76 bits per heavy atom. The zero-order valence-electron chi connectivity index (χ0n) is 13.1. The first-order valence-corrected chi connectivity index (χ1v) is 8.04. The third-order valence-corrected chi connectivity index (χ3v) is 5.24. The summed E-state index contributed by atoms with van der Waals surface area (Å²) in [6, 6.07) is 8.44. The van der Waals surface area contributed by atoms with E-state index in [4.69, 9.17) is 9.31 Å². The number of benzene rings is 1. The van der Waals surface area contributed by atoms with Gasteiger partial charge in [-0.05, 0) is 40.2 Å². The number of hydrogen-bond acceptors (Lipinski definition) is 4. The molecule has 5 heteroatoms. The molecule has 2 aromatic rings. The van der Waals surface area contributed by atoms with Gasteiger partial charge in [-0.25, -0.2) is 0 Å². The molecule has 0 radical (unpaired) electrons. The van der Waals surface area contributed by atoms with Gasteiger partial charge in [-0.1, -0.05) is 29.8 Å². The van der Waals surface area contributed by atoms with Crippen molar-refractivity contribution in [3.05, 3.63) is 35.3 Å². The van der Waals surface area contributed by atoms with Gasteiger partial charge in [0.05, 0.1) is 27.2 Å². The largest absolute Gasteiger partial charge is 0.516 e. The maximum Gasteiger partial charge on any atom is 0.516 e. The quantitative estimate of drug-likeness (QED) is 0.797. The molecule has 0 amide bonds. The van der Waals surface area contributed by atoms with Crippen molar-refractivity contribution in [1.82, 2.24) is 4.98 Å². The summed E-state index contributed by atoms with van der Waals surface area (Å²) in [6.07, 6.45) is 0. The maximum atomic E-state index is 6.12. The molecule has 0 saturated carbocycles. The maximum absolute atomic E-state index is 6.12. The molecule has 1 aliphatic heterocycles. The first kappa shape index (κ1) is 14.8. The summed E-state index contributed by atoms with van der Waals surface area (Å²) in [5, 5.41) is 0. The van der Waals surface area contributed by atoms with Crippen LogP contribution in [0, 0.1) is 6.92 Å². The minimum atomic E-state index is -0.406. The molecular weight excluding hydrogens is 281 g/mol. The highest BCUT2D eigenvalue weighted by molar-refractivity contribution is 7.14. The van der Waals surface area contributed by atoms with Gasteiger partial charge in [-0.3, -0.25) is 4.98 Å². The molecule has 21 heavy (non-hydrogen) atoms. The van der Waals surface area contributed by atoms with Crippen LogP contribution < -0.4 is 5.59 Å². The van der Waals surface area contributed by atoms with Crippen LogP contribution in [-0.2, 0) is 9.31 Å². The fourth-order valence-electron chi connectivity index (χ4n) is 2.38. The fraction of sp³-hybridized carbons (Fsp3) is 0.438. The van der Waals surface area contributed by atoms with Crippen molar-refractivity contribution < 1.29 is 9.31 Å². The summed E-state index contributed by atoms with van der Waals surface area (Å²) in [5.41, 5.74) is 4.46. The smallest absolute Gasteiger partial charge is 0.398 e. The lowest BCUT2D eigenvalue weighted by atomic mass is 9.82. The zero-order valence-corrected chi connectivity index (χ0v) is 14.0. The van der Waals surface area contributed by atoms with Crippen molar-refractivity contribution >= 4 is 24.0 Å². The van der Waals surface area contributed by atoms with E-state index in [1.165, 1.54) is 11.1 Å². The Kier molecular flexibility index (Phi) is 3.47. The fourth-order valence-corrected chi connectivity index (χ4v) is 3.18. The third kappa shape index (κ3) is 2.54. The van der Waals surface area contributed by atoms with Crippen LogP contribution in [0.3, 0.4) is 0 Å². The molecule has 0 atom stereocenters. The van der Waals surface area contributed by atoms with E-state index in [2.05, 4.69) is 63.9 Å². The molecule has 0 bridgehead atoms. The lowest BCUT2D eigenvalue weighted by Crippen LogP contribution is -2.41. The van der Waals surface area contributed by atoms with E-state index in [1.54, 1.807) is 11.3 Å². The van der Waals surface area contributed by atoms with Crippen molar-refractivity contribution in [3.63, 3.8) is 0 Å². The molecule has 0 N–H and O–H groups in total. The first-order valence-electron chi connectivity index (χ1n) is 7.16. The summed E-state index contributed by atoms with van der Waals surface area (Å²) >= 11 is 1.63. The second kappa shape index (κ2) is 4.94. The highest BCUT2D eigenvalue weighted by atomic mass is 32.1. The van der Waals surface area contributed by atoms with Crippen LogP contribution in [0.5, 0.6) is 0 Å². The zero-order chi connectivity index (χ0) is 15.3. The Labute approximate surface area is 130 Å². The number of aryl methyl sites for hydroxylation is 1. The van der Waals surface area contributed by atoms with Crippen LogP contribution >= 0.6 is 11.3 Å². The lowest BCUT2D eigenvalue weighted by molar-refractivity contribution is 0.00578. The summed E-state index contributed by atoms with van der Waals surface area (Å²) < 4.78 is 12.2. The van der Waals surface area contributed by atoms with E-state index in [9.17, 15) is 0 Å². The molecule has 1 saturated heterocycles. The molecule has 3 rings (SSSR count). The van der Waals surface area contributed by atoms with Gasteiger partial charge in [0.25, 0.3) is 0 Å². The highest BCUT2D eigenvalue weighted by Crippen LogP contribution is 2.37. The third-order valence-electron chi connectivity index (χ3n) is 4.35. The van der Waals surface area contributed by atoms with Crippen LogP contribution in [0.15, 0.2) is 29.8 Å². The Morgan fingerprint density at radius 1 is 1.10 bits per heavy atom. The molecular formula is C16H20BNO2S. The van der Waals surface area contributed by atoms with Gasteiger partial charge in [0, 0.05) is 0 Å². The Bertz CT molecular complexity index is 650. The van der Waals surface area contributed by atoms with Gasteiger partial charge >= 0.3 is 7.12 Å². The van der Waals surface area contributed by atoms with E-state index in [0.717, 1.165) is 10.5 Å². The van der Waals surface area contributed by atoms with Crippen molar-refractivity contribution in [2.75, 3.05) is 0 Å². The molecule has 110 valence electrons. The van der Waals surface area contributed by atoms with Crippen LogP contribution in [0.25, 0.3) is 10.4 Å². The monoisotopic (exact) mass is 301 g/mol. The lowest BCUT2D eigenvalue weighted by Gasteiger charge is -2.32. The average molecular weight is 301 g/mol. The average Bonchev–Trinajstić information content (AvgIpc) is 2.93. The summed E-state index contributed by atoms with van der Waals surface area (Å²) in [6.45, 7) is 10.3. The Hall–Kier alpha value is -1.17. The number of aromatic nitrogens is 1. The second-order valence-electron chi connectivity index (χ2n) is 6.52. The molecule has 1 aliphatic rings. The molecule has 1 fully saturated rings. The van der Waals surface area contributed by atoms with Crippen molar-refractivity contribution in [3.8, 4) is 10.4 Å². The van der Waals surface area contributed by atoms with E-state index in [-0.39, 0.29) is 11.2 Å². The Morgan fingerprint density at radius 3 is 2.38 bits per heavy atom. The van der Waals surface area contributed by atoms with Gasteiger partial charge < -0.3 is 9.31 Å². The van der Waals surface area contributed by atoms with Crippen LogP contribution in [0.2, 0.25) is 0 Å². The van der Waals surface area contributed by atoms with Crippen molar-refractivity contribution in [2.45, 2.75) is 45.8 Å². The van der Waals surface area contributed by atoms with Crippen LogP contribution in [-0.4, -0.2) is 23.3 Å². The van der Waals surface area contributed by atoms with E-state index in [1.807, 2.05) is 5.51 Å². The number of rotatable bonds is 2. The normalized spacial score (nSPS) is 20.0. The van der Waals surface area contributed by atoms with Crippen molar-refractivity contribution in [1.29, 1.82) is 0 Å². The molecule has 1 aromatic carbocycles. The second-order valence-corrected chi connectivity index (χ2v) is 7.38. The van der Waals surface area contributed by atoms with E-state index < -0.39 is 7.12 Å². The number of hydrogen-bond donors (Lipinski definition) is 0. The molecule has 2 heterocycles. The van der Waals surface area contributed by atoms with Crippen LogP contribution in [0.4, 0.5) is 0 Å². The first-order chi connectivity index (χ1) is 9.80. The predicted molar refractivity (Wildman–Crippen MR) is 88.0 cm³/mol. The standard InChI is InChI=1S/C16H20BNO2S/c1-11-7-6-8-12(9-11)13-14(18-10-21-13)17-19-15(2,3)16(4,5)20-17/h6-10H,1-5H3. The number of nitrogens with zero attached hydrogens (tertiary/aromatic N) is 1. The van der Waals surface area contributed by atoms with Gasteiger partial charge in [-0.15, -0.1) is 11.3 Å². The van der Waals surface area contributed by atoms with Gasteiger partial charge in [0.15, 0.2) is 0 Å². The van der Waals surface area contributed by atoms with E-state index >= 15 is 0 Å². The Balaban J connectivity index is 1.98. The van der Waals surface area contributed by atoms with Gasteiger partial charge in [0.2, 0.25) is 0 Å². The van der Waals surface area contributed by atoms with Gasteiger partial charge in [-0.2, -0.15) is 0 Å². The SMILES string of the molecule is Cc1cccc(-c2scnc2B2OC(C)(C)C(C)(C)O2)c1. The predicted octanol–water partition coefficient (Wildman–Crippen LogP) is 3.42. The highest BCUT2D eigenvalue weighted by Gasteiger charge is 2.53. The van der Waals surface area contributed by atoms with E-state index in [0.29, 0.717) is 0 Å². The molecule has 1 aromatic heterocycles. The molecule has 0 unspecified atom stereocenters. The molecule has 3 nitrogen and oxygen atoms in total. The molecule has 0 aliphatic carbocycles.